The fourth-order valence-corrected chi connectivity index (χ4v) is 3.25. The second-order valence-electron chi connectivity index (χ2n) is 6.22. The topological polar surface area (TPSA) is 132 Å². The zero-order valence-electron chi connectivity index (χ0n) is 15.8. The van der Waals surface area contributed by atoms with Crippen LogP contribution in [0.15, 0.2) is 51.7 Å². The van der Waals surface area contributed by atoms with Crippen LogP contribution in [0, 0.1) is 6.92 Å². The third-order valence-electron chi connectivity index (χ3n) is 4.12. The minimum Gasteiger partial charge on any atom is -0.473 e. The van der Waals surface area contributed by atoms with Gasteiger partial charge in [-0.15, -0.1) is 0 Å². The molecule has 152 valence electrons. The summed E-state index contributed by atoms with van der Waals surface area (Å²) in [6.07, 6.45) is 0. The van der Waals surface area contributed by atoms with Crippen molar-refractivity contribution in [2.45, 2.75) is 26.4 Å². The van der Waals surface area contributed by atoms with E-state index in [4.69, 9.17) is 19.8 Å². The van der Waals surface area contributed by atoms with Crippen LogP contribution in [-0.2, 0) is 16.1 Å². The van der Waals surface area contributed by atoms with E-state index in [9.17, 15) is 4.79 Å². The van der Waals surface area contributed by atoms with Crippen LogP contribution in [0.25, 0.3) is 10.9 Å². The van der Waals surface area contributed by atoms with Crippen molar-refractivity contribution >= 4 is 38.8 Å². The monoisotopic (exact) mass is 461 g/mol. The number of carboxylic acids is 2. The molecule has 3 aromatic rings. The molecule has 1 heterocycles. The van der Waals surface area contributed by atoms with E-state index in [1.807, 2.05) is 37.3 Å². The van der Waals surface area contributed by atoms with Crippen molar-refractivity contribution in [1.82, 2.24) is 15.3 Å². The number of para-hydroxylation sites is 1. The Bertz CT molecular complexity index is 1080. The Morgan fingerprint density at radius 1 is 1.14 bits per heavy atom. The van der Waals surface area contributed by atoms with Crippen LogP contribution in [-0.4, -0.2) is 32.1 Å². The number of carbonyl (C=O) groups is 2. The zero-order valence-corrected chi connectivity index (χ0v) is 17.4. The summed E-state index contributed by atoms with van der Waals surface area (Å²) in [5.41, 5.74) is 2.85. The molecule has 3 rings (SSSR count). The number of halogens is 1. The smallest absolute Gasteiger partial charge is 0.414 e. The molecule has 0 bridgehead atoms. The van der Waals surface area contributed by atoms with Crippen LogP contribution < -0.4 is 10.9 Å². The maximum atomic E-state index is 12.2. The Hall–Kier alpha value is -3.04. The number of aromatic amines is 1. The van der Waals surface area contributed by atoms with E-state index >= 15 is 0 Å². The van der Waals surface area contributed by atoms with Crippen LogP contribution in [0.2, 0.25) is 0 Å². The Morgan fingerprint density at radius 2 is 1.79 bits per heavy atom. The predicted octanol–water partition coefficient (Wildman–Crippen LogP) is 3.00. The molecule has 0 spiro atoms. The van der Waals surface area contributed by atoms with Gasteiger partial charge in [-0.25, -0.2) is 14.6 Å². The van der Waals surface area contributed by atoms with Crippen LogP contribution in [0.3, 0.4) is 0 Å². The SMILES string of the molecule is Cc1cccc2c(=O)[nH]c(CNC(C)c3ccccc3Br)nc12.O=C(O)C(=O)O. The lowest BCUT2D eigenvalue weighted by molar-refractivity contribution is -0.159. The van der Waals surface area contributed by atoms with E-state index in [0.29, 0.717) is 17.8 Å². The van der Waals surface area contributed by atoms with Crippen molar-refractivity contribution in [2.75, 3.05) is 0 Å². The number of aromatic nitrogens is 2. The molecule has 0 amide bonds. The van der Waals surface area contributed by atoms with Crippen molar-refractivity contribution in [3.05, 3.63) is 74.2 Å². The fraction of sp³-hybridized carbons (Fsp3) is 0.200. The van der Waals surface area contributed by atoms with Gasteiger partial charge in [-0.05, 0) is 37.1 Å². The third-order valence-corrected chi connectivity index (χ3v) is 4.84. The molecule has 8 nitrogen and oxygen atoms in total. The van der Waals surface area contributed by atoms with E-state index < -0.39 is 11.9 Å². The van der Waals surface area contributed by atoms with Gasteiger partial charge in [0.2, 0.25) is 0 Å². The number of benzene rings is 2. The highest BCUT2D eigenvalue weighted by Crippen LogP contribution is 2.22. The van der Waals surface area contributed by atoms with Gasteiger partial charge >= 0.3 is 11.9 Å². The lowest BCUT2D eigenvalue weighted by Gasteiger charge is -2.15. The van der Waals surface area contributed by atoms with Gasteiger partial charge < -0.3 is 20.5 Å². The Kier molecular flexibility index (Phi) is 7.63. The number of carboxylic acid groups (broad SMARTS) is 2. The lowest BCUT2D eigenvalue weighted by atomic mass is 10.1. The van der Waals surface area contributed by atoms with Crippen molar-refractivity contribution in [1.29, 1.82) is 0 Å². The highest BCUT2D eigenvalue weighted by Gasteiger charge is 2.10. The molecule has 0 radical (unpaired) electrons. The molecule has 0 saturated carbocycles. The molecule has 29 heavy (non-hydrogen) atoms. The lowest BCUT2D eigenvalue weighted by Crippen LogP contribution is -2.22. The summed E-state index contributed by atoms with van der Waals surface area (Å²) in [6, 6.07) is 13.9. The number of fused-ring (bicyclic) bond motifs is 1. The van der Waals surface area contributed by atoms with Gasteiger partial charge in [-0.1, -0.05) is 46.3 Å². The summed E-state index contributed by atoms with van der Waals surface area (Å²) in [7, 11) is 0. The van der Waals surface area contributed by atoms with Gasteiger partial charge in [0.1, 0.15) is 5.82 Å². The molecule has 0 fully saturated rings. The number of hydrogen-bond acceptors (Lipinski definition) is 5. The summed E-state index contributed by atoms with van der Waals surface area (Å²) in [5, 5.41) is 18.8. The average Bonchev–Trinajstić information content (AvgIpc) is 2.68. The number of rotatable bonds is 4. The maximum Gasteiger partial charge on any atom is 0.414 e. The molecule has 0 aliphatic carbocycles. The van der Waals surface area contributed by atoms with Crippen LogP contribution in [0.5, 0.6) is 0 Å². The number of aliphatic carboxylic acids is 2. The van der Waals surface area contributed by atoms with Crippen molar-refractivity contribution in [2.24, 2.45) is 0 Å². The summed E-state index contributed by atoms with van der Waals surface area (Å²) < 4.78 is 1.07. The van der Waals surface area contributed by atoms with Gasteiger partial charge in [0.05, 0.1) is 17.4 Å². The van der Waals surface area contributed by atoms with Crippen LogP contribution in [0.1, 0.15) is 29.9 Å². The normalized spacial score (nSPS) is 11.4. The fourth-order valence-electron chi connectivity index (χ4n) is 2.62. The number of nitrogens with zero attached hydrogens (tertiary/aromatic N) is 1. The quantitative estimate of drug-likeness (QED) is 0.438. The van der Waals surface area contributed by atoms with E-state index in [2.05, 4.69) is 44.2 Å². The second-order valence-corrected chi connectivity index (χ2v) is 7.07. The highest BCUT2D eigenvalue weighted by molar-refractivity contribution is 9.10. The van der Waals surface area contributed by atoms with Crippen molar-refractivity contribution in [3.63, 3.8) is 0 Å². The van der Waals surface area contributed by atoms with E-state index in [1.54, 1.807) is 6.07 Å². The van der Waals surface area contributed by atoms with Crippen molar-refractivity contribution < 1.29 is 19.8 Å². The molecule has 1 atom stereocenters. The number of hydrogen-bond donors (Lipinski definition) is 4. The van der Waals surface area contributed by atoms with Gasteiger partial charge in [0, 0.05) is 10.5 Å². The second kappa shape index (κ2) is 9.94. The van der Waals surface area contributed by atoms with Gasteiger partial charge in [-0.3, -0.25) is 4.79 Å². The first-order valence-electron chi connectivity index (χ1n) is 8.63. The Morgan fingerprint density at radius 3 is 2.41 bits per heavy atom. The minimum absolute atomic E-state index is 0.0935. The standard InChI is InChI=1S/C18H18BrN3O.C2H2O4/c1-11-6-5-8-14-17(11)21-16(22-18(14)23)10-20-12(2)13-7-3-4-9-15(13)19;3-1(4)2(5)6/h3-9,12,20H,10H2,1-2H3,(H,21,22,23);(H,3,4)(H,5,6). The molecule has 1 aromatic heterocycles. The molecule has 0 saturated heterocycles. The maximum absolute atomic E-state index is 12.2. The Labute approximate surface area is 174 Å². The molecular weight excluding hydrogens is 442 g/mol. The molecular formula is C20H20BrN3O5. The average molecular weight is 462 g/mol. The number of aryl methyl sites for hydroxylation is 1. The summed E-state index contributed by atoms with van der Waals surface area (Å²) in [4.78, 5) is 37.8. The predicted molar refractivity (Wildman–Crippen MR) is 112 cm³/mol. The van der Waals surface area contributed by atoms with Crippen LogP contribution >= 0.6 is 15.9 Å². The van der Waals surface area contributed by atoms with Gasteiger partial charge in [0.15, 0.2) is 0 Å². The Balaban J connectivity index is 0.000000438. The molecule has 2 aromatic carbocycles. The first-order chi connectivity index (χ1) is 13.7. The molecule has 0 aliphatic rings. The summed E-state index contributed by atoms with van der Waals surface area (Å²) in [6.45, 7) is 4.56. The molecule has 0 aliphatic heterocycles. The van der Waals surface area contributed by atoms with Crippen molar-refractivity contribution in [3.8, 4) is 0 Å². The number of H-pyrrole nitrogens is 1. The first kappa shape index (κ1) is 22.3. The molecule has 1 unspecified atom stereocenters. The van der Waals surface area contributed by atoms with E-state index in [0.717, 1.165) is 15.6 Å². The third kappa shape index (κ3) is 5.97. The summed E-state index contributed by atoms with van der Waals surface area (Å²) >= 11 is 3.56. The molecule has 9 heteroatoms. The van der Waals surface area contributed by atoms with E-state index in [-0.39, 0.29) is 11.6 Å². The number of nitrogens with one attached hydrogen (secondary N) is 2. The van der Waals surface area contributed by atoms with Gasteiger partial charge in [-0.2, -0.15) is 0 Å². The molecule has 4 N–H and O–H groups in total. The van der Waals surface area contributed by atoms with Crippen LogP contribution in [0.4, 0.5) is 0 Å². The first-order valence-corrected chi connectivity index (χ1v) is 9.42. The van der Waals surface area contributed by atoms with Gasteiger partial charge in [0.25, 0.3) is 5.56 Å². The minimum atomic E-state index is -1.82. The highest BCUT2D eigenvalue weighted by atomic mass is 79.9. The largest absolute Gasteiger partial charge is 0.473 e. The zero-order chi connectivity index (χ0) is 21.6. The van der Waals surface area contributed by atoms with E-state index in [1.165, 1.54) is 5.56 Å². The summed E-state index contributed by atoms with van der Waals surface area (Å²) in [5.74, 6) is -3.00.